The molecule has 0 saturated heterocycles. The monoisotopic (exact) mass is 243 g/mol. The van der Waals surface area contributed by atoms with Gasteiger partial charge in [0.15, 0.2) is 0 Å². The first-order chi connectivity index (χ1) is 7.41. The molecular formula is C9H10ClN3O3. The number of nitrogens with one attached hydrogen (secondary N) is 1. The van der Waals surface area contributed by atoms with Gasteiger partial charge in [-0.25, -0.2) is 0 Å². The molecule has 0 saturated carbocycles. The smallest absolute Gasteiger partial charge is 0.288 e. The molecule has 0 heterocycles. The van der Waals surface area contributed by atoms with Crippen molar-refractivity contribution in [2.75, 3.05) is 5.32 Å². The second kappa shape index (κ2) is 4.91. The molecule has 0 bridgehead atoms. The summed E-state index contributed by atoms with van der Waals surface area (Å²) in [7, 11) is 0. The predicted octanol–water partition coefficient (Wildman–Crippen LogP) is 1.53. The van der Waals surface area contributed by atoms with Gasteiger partial charge in [-0.05, 0) is 19.1 Å². The van der Waals surface area contributed by atoms with Gasteiger partial charge in [0.05, 0.1) is 11.0 Å². The van der Waals surface area contributed by atoms with E-state index < -0.39 is 11.0 Å². The average Bonchev–Trinajstić information content (AvgIpc) is 2.16. The van der Waals surface area contributed by atoms with Gasteiger partial charge in [0.2, 0.25) is 5.91 Å². The zero-order chi connectivity index (χ0) is 12.3. The van der Waals surface area contributed by atoms with Crippen molar-refractivity contribution in [3.8, 4) is 0 Å². The van der Waals surface area contributed by atoms with E-state index in [1.165, 1.54) is 25.1 Å². The Hall–Kier alpha value is -1.66. The van der Waals surface area contributed by atoms with Crippen molar-refractivity contribution in [2.24, 2.45) is 5.73 Å². The van der Waals surface area contributed by atoms with Crippen molar-refractivity contribution in [1.29, 1.82) is 0 Å². The number of hydrogen-bond acceptors (Lipinski definition) is 4. The molecule has 7 heteroatoms. The van der Waals surface area contributed by atoms with Gasteiger partial charge in [-0.15, -0.1) is 0 Å². The highest BCUT2D eigenvalue weighted by Gasteiger charge is 2.14. The number of nitro benzene ring substituents is 1. The molecule has 16 heavy (non-hydrogen) atoms. The molecule has 0 aromatic heterocycles. The summed E-state index contributed by atoms with van der Waals surface area (Å²) in [6, 6.07) is 3.26. The van der Waals surface area contributed by atoms with Crippen LogP contribution in [0.15, 0.2) is 18.2 Å². The van der Waals surface area contributed by atoms with Crippen LogP contribution in [0.1, 0.15) is 6.92 Å². The number of halogens is 1. The minimum atomic E-state index is -0.658. The van der Waals surface area contributed by atoms with Crippen LogP contribution < -0.4 is 11.1 Å². The lowest BCUT2D eigenvalue weighted by atomic mass is 10.2. The lowest BCUT2D eigenvalue weighted by molar-refractivity contribution is -0.384. The first-order valence-electron chi connectivity index (χ1n) is 4.42. The van der Waals surface area contributed by atoms with E-state index in [-0.39, 0.29) is 16.6 Å². The summed E-state index contributed by atoms with van der Waals surface area (Å²) in [5.74, 6) is -0.384. The van der Waals surface area contributed by atoms with Crippen LogP contribution in [0.2, 0.25) is 5.02 Å². The fourth-order valence-electron chi connectivity index (χ4n) is 0.989. The molecule has 0 aliphatic carbocycles. The summed E-state index contributed by atoms with van der Waals surface area (Å²) in [6.45, 7) is 1.53. The molecule has 1 amide bonds. The number of carbonyl (C=O) groups excluding carboxylic acids is 1. The summed E-state index contributed by atoms with van der Waals surface area (Å²) < 4.78 is 0. The molecule has 86 valence electrons. The van der Waals surface area contributed by atoms with Crippen LogP contribution in [0.4, 0.5) is 11.4 Å². The molecule has 0 aliphatic rings. The van der Waals surface area contributed by atoms with Gasteiger partial charge in [-0.3, -0.25) is 14.9 Å². The van der Waals surface area contributed by atoms with Gasteiger partial charge in [0.25, 0.3) is 5.69 Å². The standard InChI is InChI=1S/C9H10ClN3O3/c1-5(11)9(14)12-6-2-3-8(13(15)16)7(10)4-6/h2-5H,11H2,1H3,(H,12,14)/t5-/m1/s1. The van der Waals surface area contributed by atoms with Gasteiger partial charge >= 0.3 is 0 Å². The van der Waals surface area contributed by atoms with E-state index in [0.29, 0.717) is 5.69 Å². The summed E-state index contributed by atoms with van der Waals surface area (Å²) >= 11 is 5.66. The number of anilines is 1. The molecule has 0 spiro atoms. The molecule has 0 aliphatic heterocycles. The maximum Gasteiger partial charge on any atom is 0.288 e. The third-order valence-electron chi connectivity index (χ3n) is 1.83. The summed E-state index contributed by atoms with van der Waals surface area (Å²) in [4.78, 5) is 21.1. The van der Waals surface area contributed by atoms with Crippen LogP contribution in [0.5, 0.6) is 0 Å². The SMILES string of the molecule is C[C@@H](N)C(=O)Nc1ccc([N+](=O)[O-])c(Cl)c1. The topological polar surface area (TPSA) is 98.3 Å². The predicted molar refractivity (Wildman–Crippen MR) is 60.4 cm³/mol. The molecule has 0 radical (unpaired) electrons. The molecule has 0 fully saturated rings. The van der Waals surface area contributed by atoms with Crippen LogP contribution in [0, 0.1) is 10.1 Å². The molecule has 1 rings (SSSR count). The third kappa shape index (κ3) is 2.91. The number of nitrogens with zero attached hydrogens (tertiary/aromatic N) is 1. The summed E-state index contributed by atoms with van der Waals surface area (Å²) in [5.41, 5.74) is 5.51. The van der Waals surface area contributed by atoms with Crippen LogP contribution in [-0.4, -0.2) is 16.9 Å². The lowest BCUT2D eigenvalue weighted by Gasteiger charge is -2.07. The van der Waals surface area contributed by atoms with Crippen LogP contribution in [0.25, 0.3) is 0 Å². The molecular weight excluding hydrogens is 234 g/mol. The lowest BCUT2D eigenvalue weighted by Crippen LogP contribution is -2.32. The van der Waals surface area contributed by atoms with Crippen molar-refractivity contribution in [3.05, 3.63) is 33.3 Å². The van der Waals surface area contributed by atoms with Crippen molar-refractivity contribution in [3.63, 3.8) is 0 Å². The molecule has 0 unspecified atom stereocenters. The van der Waals surface area contributed by atoms with Gasteiger partial charge in [0, 0.05) is 11.8 Å². The van der Waals surface area contributed by atoms with E-state index >= 15 is 0 Å². The Kier molecular flexibility index (Phi) is 3.81. The number of hydrogen-bond donors (Lipinski definition) is 2. The number of nitro groups is 1. The molecule has 3 N–H and O–H groups in total. The molecule has 1 atom stereocenters. The minimum Gasteiger partial charge on any atom is -0.325 e. The highest BCUT2D eigenvalue weighted by atomic mass is 35.5. The number of amides is 1. The van der Waals surface area contributed by atoms with Gasteiger partial charge in [-0.2, -0.15) is 0 Å². The third-order valence-corrected chi connectivity index (χ3v) is 2.13. The van der Waals surface area contributed by atoms with E-state index in [1.54, 1.807) is 0 Å². The second-order valence-corrected chi connectivity index (χ2v) is 3.61. The quantitative estimate of drug-likeness (QED) is 0.621. The van der Waals surface area contributed by atoms with Gasteiger partial charge < -0.3 is 11.1 Å². The fraction of sp³-hybridized carbons (Fsp3) is 0.222. The van der Waals surface area contributed by atoms with Crippen LogP contribution in [0.3, 0.4) is 0 Å². The van der Waals surface area contributed by atoms with Crippen molar-refractivity contribution in [2.45, 2.75) is 13.0 Å². The highest BCUT2D eigenvalue weighted by Crippen LogP contribution is 2.27. The normalized spacial score (nSPS) is 11.9. The maximum atomic E-state index is 11.2. The van der Waals surface area contributed by atoms with E-state index in [9.17, 15) is 14.9 Å². The first-order valence-corrected chi connectivity index (χ1v) is 4.80. The Morgan fingerprint density at radius 2 is 2.25 bits per heavy atom. The number of carbonyl (C=O) groups is 1. The second-order valence-electron chi connectivity index (χ2n) is 3.20. The Labute approximate surface area is 96.5 Å². The largest absolute Gasteiger partial charge is 0.325 e. The fourth-order valence-corrected chi connectivity index (χ4v) is 1.24. The van der Waals surface area contributed by atoms with Crippen molar-refractivity contribution in [1.82, 2.24) is 0 Å². The van der Waals surface area contributed by atoms with E-state index in [4.69, 9.17) is 17.3 Å². The van der Waals surface area contributed by atoms with Gasteiger partial charge in [-0.1, -0.05) is 11.6 Å². The zero-order valence-corrected chi connectivity index (χ0v) is 9.19. The Bertz CT molecular complexity index is 434. The average molecular weight is 244 g/mol. The number of nitrogens with two attached hydrogens (primary N) is 1. The summed E-state index contributed by atoms with van der Waals surface area (Å²) in [6.07, 6.45) is 0. The maximum absolute atomic E-state index is 11.2. The molecule has 1 aromatic rings. The van der Waals surface area contributed by atoms with E-state index in [1.807, 2.05) is 0 Å². The number of rotatable bonds is 3. The van der Waals surface area contributed by atoms with E-state index in [0.717, 1.165) is 0 Å². The van der Waals surface area contributed by atoms with Gasteiger partial charge in [0.1, 0.15) is 5.02 Å². The minimum absolute atomic E-state index is 0.0347. The Morgan fingerprint density at radius 1 is 1.62 bits per heavy atom. The van der Waals surface area contributed by atoms with Crippen molar-refractivity contribution < 1.29 is 9.72 Å². The molecule has 6 nitrogen and oxygen atoms in total. The molecule has 1 aromatic carbocycles. The van der Waals surface area contributed by atoms with Crippen molar-refractivity contribution >= 4 is 28.9 Å². The highest BCUT2D eigenvalue weighted by molar-refractivity contribution is 6.33. The van der Waals surface area contributed by atoms with E-state index in [2.05, 4.69) is 5.32 Å². The van der Waals surface area contributed by atoms with Crippen LogP contribution in [-0.2, 0) is 4.79 Å². The number of benzene rings is 1. The summed E-state index contributed by atoms with van der Waals surface area (Å²) in [5, 5.41) is 12.9. The Morgan fingerprint density at radius 3 is 2.69 bits per heavy atom. The first kappa shape index (κ1) is 12.4. The zero-order valence-electron chi connectivity index (χ0n) is 8.44. The van der Waals surface area contributed by atoms with Crippen LogP contribution >= 0.6 is 11.6 Å². The Balaban J connectivity index is 2.90.